The van der Waals surface area contributed by atoms with Crippen LogP contribution in [0, 0.1) is 0 Å². The molecule has 16 heteroatoms. The molecule has 16 nitrogen and oxygen atoms in total. The van der Waals surface area contributed by atoms with Gasteiger partial charge in [-0.25, -0.2) is 4.79 Å². The summed E-state index contributed by atoms with van der Waals surface area (Å²) in [6.45, 7) is -0.390. The number of hydrogen-bond donors (Lipinski definition) is 9. The first-order valence-electron chi connectivity index (χ1n) is 10.2. The number of hydrogen-bond acceptors (Lipinski definition) is 8. The molecule has 0 saturated heterocycles. The molecule has 192 valence electrons. The van der Waals surface area contributed by atoms with Gasteiger partial charge in [-0.3, -0.25) is 29.0 Å². The lowest BCUT2D eigenvalue weighted by Gasteiger charge is -2.24. The Kier molecular flexibility index (Phi) is 14.0. The van der Waals surface area contributed by atoms with Crippen LogP contribution < -0.4 is 33.2 Å². The number of nitrogens with one attached hydrogen (secondary N) is 3. The molecule has 0 aromatic rings. The standard InChI is InChI=1S/C18H31N7O9/c19-8-12(26)23-10(3-5-13(27)28)16(32)24-9(2-1-7-22-18(20)21)15(31)25-11(17(33)34)4-6-14(29)30/h9-11H,1-8,19H2,(H,23,26)(H,24,32)(H,25,31)(H,27,28)(H,29,30)(H,33,34)(H4,20,21,22). The van der Waals surface area contributed by atoms with Gasteiger partial charge in [-0.2, -0.15) is 0 Å². The molecule has 3 unspecified atom stereocenters. The van der Waals surface area contributed by atoms with Crippen molar-refractivity contribution < 1.29 is 44.1 Å². The molecular weight excluding hydrogens is 458 g/mol. The van der Waals surface area contributed by atoms with E-state index in [9.17, 15) is 33.9 Å². The fourth-order valence-electron chi connectivity index (χ4n) is 2.63. The second-order valence-electron chi connectivity index (χ2n) is 7.10. The Morgan fingerprint density at radius 1 is 0.735 bits per heavy atom. The van der Waals surface area contributed by atoms with Gasteiger partial charge in [0.25, 0.3) is 0 Å². The van der Waals surface area contributed by atoms with Gasteiger partial charge in [-0.15, -0.1) is 0 Å². The van der Waals surface area contributed by atoms with Gasteiger partial charge in [-0.1, -0.05) is 0 Å². The molecule has 0 spiro atoms. The average molecular weight is 489 g/mol. The van der Waals surface area contributed by atoms with Gasteiger partial charge in [0.15, 0.2) is 5.96 Å². The highest BCUT2D eigenvalue weighted by Gasteiger charge is 2.29. The van der Waals surface area contributed by atoms with Crippen LogP contribution in [0.5, 0.6) is 0 Å². The maximum Gasteiger partial charge on any atom is 0.326 e. The number of carbonyl (C=O) groups is 6. The third kappa shape index (κ3) is 13.5. The van der Waals surface area contributed by atoms with Gasteiger partial charge < -0.3 is 48.5 Å². The maximum atomic E-state index is 12.7. The molecule has 0 aromatic carbocycles. The number of aliphatic imine (C=N–C) groups is 1. The molecular formula is C18H31N7O9. The van der Waals surface area contributed by atoms with Gasteiger partial charge >= 0.3 is 17.9 Å². The maximum absolute atomic E-state index is 12.7. The van der Waals surface area contributed by atoms with Crippen molar-refractivity contribution >= 4 is 41.6 Å². The van der Waals surface area contributed by atoms with Crippen LogP contribution in [0.2, 0.25) is 0 Å². The Balaban J connectivity index is 5.53. The fourth-order valence-corrected chi connectivity index (χ4v) is 2.63. The van der Waals surface area contributed by atoms with Crippen LogP contribution in [0.1, 0.15) is 38.5 Å². The lowest BCUT2D eigenvalue weighted by molar-refractivity contribution is -0.143. The van der Waals surface area contributed by atoms with E-state index in [0.717, 1.165) is 0 Å². The van der Waals surface area contributed by atoms with E-state index in [-0.39, 0.29) is 31.8 Å². The predicted molar refractivity (Wildman–Crippen MR) is 116 cm³/mol. The van der Waals surface area contributed by atoms with Crippen LogP contribution in [0.4, 0.5) is 0 Å². The van der Waals surface area contributed by atoms with Crippen molar-refractivity contribution in [1.82, 2.24) is 16.0 Å². The SMILES string of the molecule is NCC(=O)NC(CCC(=O)O)C(=O)NC(CCCN=C(N)N)C(=O)NC(CCC(=O)O)C(=O)O. The van der Waals surface area contributed by atoms with E-state index in [0.29, 0.717) is 0 Å². The van der Waals surface area contributed by atoms with Gasteiger partial charge in [0, 0.05) is 19.4 Å². The quantitative estimate of drug-likeness (QED) is 0.0541. The summed E-state index contributed by atoms with van der Waals surface area (Å²) in [7, 11) is 0. The number of carboxylic acids is 3. The highest BCUT2D eigenvalue weighted by Crippen LogP contribution is 2.05. The Morgan fingerprint density at radius 3 is 1.65 bits per heavy atom. The smallest absolute Gasteiger partial charge is 0.326 e. The highest BCUT2D eigenvalue weighted by atomic mass is 16.4. The molecule has 0 aliphatic rings. The summed E-state index contributed by atoms with van der Waals surface area (Å²) in [5, 5.41) is 33.6. The van der Waals surface area contributed by atoms with E-state index < -0.39 is 79.6 Å². The van der Waals surface area contributed by atoms with Crippen LogP contribution >= 0.6 is 0 Å². The van der Waals surface area contributed by atoms with E-state index >= 15 is 0 Å². The van der Waals surface area contributed by atoms with Crippen LogP contribution in [0.25, 0.3) is 0 Å². The van der Waals surface area contributed by atoms with Crippen LogP contribution in [0.15, 0.2) is 4.99 Å². The number of aliphatic carboxylic acids is 3. The van der Waals surface area contributed by atoms with Gasteiger partial charge in [0.05, 0.1) is 6.54 Å². The summed E-state index contributed by atoms with van der Waals surface area (Å²) in [4.78, 5) is 73.8. The number of guanidine groups is 1. The first kappa shape index (κ1) is 30.1. The van der Waals surface area contributed by atoms with E-state index in [1.54, 1.807) is 0 Å². The zero-order valence-corrected chi connectivity index (χ0v) is 18.4. The van der Waals surface area contributed by atoms with E-state index in [4.69, 9.17) is 27.4 Å². The second kappa shape index (κ2) is 15.8. The van der Waals surface area contributed by atoms with E-state index in [1.165, 1.54) is 0 Å². The molecule has 3 amide bonds. The highest BCUT2D eigenvalue weighted by molar-refractivity contribution is 5.93. The molecule has 3 atom stereocenters. The average Bonchev–Trinajstić information content (AvgIpc) is 2.74. The molecule has 0 aliphatic carbocycles. The fraction of sp³-hybridized carbons (Fsp3) is 0.611. The van der Waals surface area contributed by atoms with Gasteiger partial charge in [0.1, 0.15) is 18.1 Å². The third-order valence-electron chi connectivity index (χ3n) is 4.32. The molecule has 0 heterocycles. The van der Waals surface area contributed by atoms with Crippen molar-refractivity contribution in [3.63, 3.8) is 0 Å². The number of nitrogens with two attached hydrogens (primary N) is 3. The third-order valence-corrected chi connectivity index (χ3v) is 4.32. The Hall–Kier alpha value is -3.95. The minimum absolute atomic E-state index is 0.0594. The minimum Gasteiger partial charge on any atom is -0.481 e. The van der Waals surface area contributed by atoms with Crippen molar-refractivity contribution in [2.24, 2.45) is 22.2 Å². The summed E-state index contributed by atoms with van der Waals surface area (Å²) in [5.74, 6) is -6.74. The molecule has 0 aromatic heterocycles. The normalized spacial score (nSPS) is 13.0. The number of rotatable bonds is 17. The van der Waals surface area contributed by atoms with Gasteiger partial charge in [0.2, 0.25) is 17.7 Å². The number of carbonyl (C=O) groups excluding carboxylic acids is 3. The van der Waals surface area contributed by atoms with Crippen LogP contribution in [-0.4, -0.2) is 88.1 Å². The Morgan fingerprint density at radius 2 is 1.21 bits per heavy atom. The van der Waals surface area contributed by atoms with Crippen molar-refractivity contribution in [3.8, 4) is 0 Å². The Labute approximate surface area is 194 Å². The summed E-state index contributed by atoms with van der Waals surface area (Å²) in [6, 6.07) is -4.20. The zero-order valence-electron chi connectivity index (χ0n) is 18.4. The minimum atomic E-state index is -1.54. The first-order valence-corrected chi connectivity index (χ1v) is 10.2. The summed E-state index contributed by atoms with van der Waals surface area (Å²) in [5.41, 5.74) is 15.7. The number of amides is 3. The molecule has 0 saturated carbocycles. The predicted octanol–water partition coefficient (Wildman–Crippen LogP) is -3.73. The molecule has 0 aliphatic heterocycles. The number of carboxylic acid groups (broad SMARTS) is 3. The lowest BCUT2D eigenvalue weighted by Crippen LogP contribution is -2.56. The molecule has 0 bridgehead atoms. The second-order valence-corrected chi connectivity index (χ2v) is 7.10. The molecule has 34 heavy (non-hydrogen) atoms. The molecule has 12 N–H and O–H groups in total. The molecule has 0 fully saturated rings. The van der Waals surface area contributed by atoms with E-state index in [2.05, 4.69) is 20.9 Å². The zero-order chi connectivity index (χ0) is 26.3. The molecule has 0 rings (SSSR count). The van der Waals surface area contributed by atoms with Crippen molar-refractivity contribution in [2.45, 2.75) is 56.7 Å². The van der Waals surface area contributed by atoms with Crippen molar-refractivity contribution in [1.29, 1.82) is 0 Å². The monoisotopic (exact) mass is 489 g/mol. The Bertz CT molecular complexity index is 784. The van der Waals surface area contributed by atoms with Crippen LogP contribution in [0.3, 0.4) is 0 Å². The lowest BCUT2D eigenvalue weighted by atomic mass is 10.1. The summed E-state index contributed by atoms with van der Waals surface area (Å²) < 4.78 is 0. The number of nitrogens with zero attached hydrogens (tertiary/aromatic N) is 1. The van der Waals surface area contributed by atoms with Crippen LogP contribution in [-0.2, 0) is 28.8 Å². The van der Waals surface area contributed by atoms with E-state index in [1.807, 2.05) is 0 Å². The first-order chi connectivity index (χ1) is 15.9. The van der Waals surface area contributed by atoms with Crippen molar-refractivity contribution in [2.75, 3.05) is 13.1 Å². The largest absolute Gasteiger partial charge is 0.481 e. The molecule has 0 radical (unpaired) electrons. The summed E-state index contributed by atoms with van der Waals surface area (Å²) in [6.07, 6.45) is -1.58. The summed E-state index contributed by atoms with van der Waals surface area (Å²) >= 11 is 0. The topological polar surface area (TPSA) is 290 Å². The van der Waals surface area contributed by atoms with Gasteiger partial charge in [-0.05, 0) is 25.7 Å². The van der Waals surface area contributed by atoms with Crippen molar-refractivity contribution in [3.05, 3.63) is 0 Å².